The predicted octanol–water partition coefficient (Wildman–Crippen LogP) is 2.23. The number of aromatic nitrogens is 2. The minimum Gasteiger partial charge on any atom is -0.364 e. The van der Waals surface area contributed by atoms with Crippen LogP contribution >= 0.6 is 0 Å². The number of nitrogens with zero attached hydrogens (tertiary/aromatic N) is 2. The fraction of sp³-hybridized carbons (Fsp3) is 0.0909. The highest BCUT2D eigenvalue weighted by Crippen LogP contribution is 2.08. The number of hydrogen-bond donors (Lipinski definition) is 1. The third-order valence-corrected chi connectivity index (χ3v) is 1.99. The van der Waals surface area contributed by atoms with Gasteiger partial charge in [-0.05, 0) is 18.2 Å². The van der Waals surface area contributed by atoms with Crippen LogP contribution in [0.3, 0.4) is 0 Å². The lowest BCUT2D eigenvalue weighted by atomic mass is 10.2. The molecule has 0 unspecified atom stereocenters. The second-order valence-electron chi connectivity index (χ2n) is 3.05. The van der Waals surface area contributed by atoms with Crippen molar-refractivity contribution in [3.8, 4) is 0 Å². The molecule has 1 aromatic heterocycles. The molecule has 0 spiro atoms. The molecule has 0 atom stereocenters. The maximum absolute atomic E-state index is 13.2. The highest BCUT2D eigenvalue weighted by Gasteiger charge is 2.00. The van der Waals surface area contributed by atoms with Gasteiger partial charge < -0.3 is 5.32 Å². The molecule has 1 N–H and O–H groups in total. The molecule has 0 saturated carbocycles. The van der Waals surface area contributed by atoms with Crippen molar-refractivity contribution in [3.05, 3.63) is 54.0 Å². The highest BCUT2D eigenvalue weighted by atomic mass is 19.1. The molecule has 1 heterocycles. The fourth-order valence-corrected chi connectivity index (χ4v) is 1.22. The van der Waals surface area contributed by atoms with Crippen LogP contribution in [0.2, 0.25) is 0 Å². The van der Waals surface area contributed by atoms with E-state index in [1.165, 1.54) is 6.07 Å². The van der Waals surface area contributed by atoms with Crippen molar-refractivity contribution < 1.29 is 4.39 Å². The molecule has 0 fully saturated rings. The lowest BCUT2D eigenvalue weighted by molar-refractivity contribution is 0.613. The monoisotopic (exact) mass is 203 g/mol. The lowest BCUT2D eigenvalue weighted by Gasteiger charge is -2.05. The Hall–Kier alpha value is -1.97. The van der Waals surface area contributed by atoms with Crippen molar-refractivity contribution in [1.82, 2.24) is 10.2 Å². The van der Waals surface area contributed by atoms with Crippen LogP contribution in [0.15, 0.2) is 42.6 Å². The van der Waals surface area contributed by atoms with Crippen molar-refractivity contribution in [3.63, 3.8) is 0 Å². The van der Waals surface area contributed by atoms with Crippen molar-refractivity contribution in [2.75, 3.05) is 5.32 Å². The van der Waals surface area contributed by atoms with Gasteiger partial charge in [0.25, 0.3) is 0 Å². The van der Waals surface area contributed by atoms with Gasteiger partial charge in [0.15, 0.2) is 0 Å². The van der Waals surface area contributed by atoms with Gasteiger partial charge in [-0.1, -0.05) is 18.2 Å². The van der Waals surface area contributed by atoms with Gasteiger partial charge in [0.2, 0.25) is 0 Å². The van der Waals surface area contributed by atoms with Crippen LogP contribution in [-0.2, 0) is 6.54 Å². The van der Waals surface area contributed by atoms with Crippen molar-refractivity contribution in [1.29, 1.82) is 0 Å². The summed E-state index contributed by atoms with van der Waals surface area (Å²) < 4.78 is 13.2. The van der Waals surface area contributed by atoms with E-state index < -0.39 is 0 Å². The molecule has 1 aromatic carbocycles. The summed E-state index contributed by atoms with van der Waals surface area (Å²) in [5.41, 5.74) is 0.614. The minimum absolute atomic E-state index is 0.214. The van der Waals surface area contributed by atoms with Crippen LogP contribution in [0.5, 0.6) is 0 Å². The van der Waals surface area contributed by atoms with E-state index in [1.807, 2.05) is 0 Å². The summed E-state index contributed by atoms with van der Waals surface area (Å²) in [5.74, 6) is 0.426. The summed E-state index contributed by atoms with van der Waals surface area (Å²) in [6.07, 6.45) is 1.59. The number of hydrogen-bond acceptors (Lipinski definition) is 3. The van der Waals surface area contributed by atoms with Gasteiger partial charge in [0.05, 0.1) is 0 Å². The highest BCUT2D eigenvalue weighted by molar-refractivity contribution is 5.33. The number of halogens is 1. The van der Waals surface area contributed by atoms with Crippen LogP contribution in [0, 0.1) is 5.82 Å². The first-order valence-electron chi connectivity index (χ1n) is 4.61. The van der Waals surface area contributed by atoms with Gasteiger partial charge in [-0.3, -0.25) is 0 Å². The molecule has 0 aliphatic heterocycles. The Bertz CT molecular complexity index is 431. The van der Waals surface area contributed by atoms with Crippen LogP contribution < -0.4 is 5.32 Å². The Balaban J connectivity index is 2.03. The normalized spacial score (nSPS) is 9.93. The lowest BCUT2D eigenvalue weighted by Crippen LogP contribution is -2.03. The van der Waals surface area contributed by atoms with Crippen molar-refractivity contribution in [2.45, 2.75) is 6.54 Å². The Morgan fingerprint density at radius 2 is 2.00 bits per heavy atom. The average molecular weight is 203 g/mol. The van der Waals surface area contributed by atoms with E-state index in [0.29, 0.717) is 17.9 Å². The Morgan fingerprint density at radius 1 is 1.13 bits per heavy atom. The maximum atomic E-state index is 13.2. The second-order valence-corrected chi connectivity index (χ2v) is 3.05. The molecular weight excluding hydrogens is 193 g/mol. The fourth-order valence-electron chi connectivity index (χ4n) is 1.22. The van der Waals surface area contributed by atoms with Crippen molar-refractivity contribution >= 4 is 5.82 Å². The molecule has 0 amide bonds. The molecule has 0 saturated heterocycles. The summed E-state index contributed by atoms with van der Waals surface area (Å²) in [6, 6.07) is 10.2. The minimum atomic E-state index is -0.214. The van der Waals surface area contributed by atoms with Gasteiger partial charge in [0, 0.05) is 18.3 Å². The molecule has 76 valence electrons. The first-order valence-corrected chi connectivity index (χ1v) is 4.61. The summed E-state index contributed by atoms with van der Waals surface area (Å²) in [7, 11) is 0. The van der Waals surface area contributed by atoms with Gasteiger partial charge in [-0.2, -0.15) is 5.10 Å². The van der Waals surface area contributed by atoms with Crippen LogP contribution in [0.4, 0.5) is 10.2 Å². The number of nitrogens with one attached hydrogen (secondary N) is 1. The van der Waals surface area contributed by atoms with E-state index in [9.17, 15) is 4.39 Å². The van der Waals surface area contributed by atoms with Crippen LogP contribution in [-0.4, -0.2) is 10.2 Å². The SMILES string of the molecule is Fc1ccccc1CNc1cccnn1. The van der Waals surface area contributed by atoms with E-state index >= 15 is 0 Å². The number of anilines is 1. The van der Waals surface area contributed by atoms with Crippen LogP contribution in [0.25, 0.3) is 0 Å². The molecule has 2 rings (SSSR count). The van der Waals surface area contributed by atoms with E-state index in [0.717, 1.165) is 0 Å². The summed E-state index contributed by atoms with van der Waals surface area (Å²) >= 11 is 0. The summed E-state index contributed by atoms with van der Waals surface area (Å²) in [6.45, 7) is 0.408. The first-order chi connectivity index (χ1) is 7.36. The molecule has 4 heteroatoms. The molecule has 15 heavy (non-hydrogen) atoms. The Morgan fingerprint density at radius 3 is 2.73 bits per heavy atom. The van der Waals surface area contributed by atoms with E-state index in [1.54, 1.807) is 36.5 Å². The predicted molar refractivity (Wildman–Crippen MR) is 55.8 cm³/mol. The van der Waals surface area contributed by atoms with E-state index in [-0.39, 0.29) is 5.82 Å². The average Bonchev–Trinajstić information content (AvgIpc) is 2.29. The maximum Gasteiger partial charge on any atom is 0.148 e. The molecule has 3 nitrogen and oxygen atoms in total. The smallest absolute Gasteiger partial charge is 0.148 e. The third kappa shape index (κ3) is 2.49. The number of rotatable bonds is 3. The van der Waals surface area contributed by atoms with Gasteiger partial charge in [0.1, 0.15) is 11.6 Å². The molecule has 0 bridgehead atoms. The zero-order valence-corrected chi connectivity index (χ0v) is 8.02. The molecule has 0 aliphatic carbocycles. The first kappa shape index (κ1) is 9.58. The zero-order valence-electron chi connectivity index (χ0n) is 8.02. The Kier molecular flexibility index (Phi) is 2.88. The van der Waals surface area contributed by atoms with Gasteiger partial charge in [-0.15, -0.1) is 5.10 Å². The van der Waals surface area contributed by atoms with Crippen molar-refractivity contribution in [2.24, 2.45) is 0 Å². The van der Waals surface area contributed by atoms with Crippen LogP contribution in [0.1, 0.15) is 5.56 Å². The van der Waals surface area contributed by atoms with E-state index in [2.05, 4.69) is 15.5 Å². The Labute approximate surface area is 87.0 Å². The van der Waals surface area contributed by atoms with Gasteiger partial charge in [-0.25, -0.2) is 4.39 Å². The second kappa shape index (κ2) is 4.50. The van der Waals surface area contributed by atoms with E-state index in [4.69, 9.17) is 0 Å². The van der Waals surface area contributed by atoms with Gasteiger partial charge >= 0.3 is 0 Å². The summed E-state index contributed by atoms with van der Waals surface area (Å²) in [4.78, 5) is 0. The topological polar surface area (TPSA) is 37.8 Å². The zero-order chi connectivity index (χ0) is 10.5. The quantitative estimate of drug-likeness (QED) is 0.831. The molecule has 0 radical (unpaired) electrons. The molecular formula is C11H10FN3. The third-order valence-electron chi connectivity index (χ3n) is 1.99. The standard InChI is InChI=1S/C11H10FN3/c12-10-5-2-1-4-9(10)8-13-11-6-3-7-14-15-11/h1-7H,8H2,(H,13,15). The molecule has 2 aromatic rings. The molecule has 0 aliphatic rings. The summed E-state index contributed by atoms with van der Waals surface area (Å²) in [5, 5.41) is 10.5. The largest absolute Gasteiger partial charge is 0.364 e. The number of benzene rings is 1.